The van der Waals surface area contributed by atoms with Crippen molar-refractivity contribution in [2.24, 2.45) is 0 Å². The Morgan fingerprint density at radius 2 is 1.87 bits per heavy atom. The van der Waals surface area contributed by atoms with Crippen LogP contribution in [0.4, 0.5) is 5.13 Å². The monoisotopic (exact) mass is 327 g/mol. The van der Waals surface area contributed by atoms with Crippen LogP contribution < -0.4 is 5.32 Å². The maximum Gasteiger partial charge on any atom is 0.262 e. The summed E-state index contributed by atoms with van der Waals surface area (Å²) in [4.78, 5) is 43.2. The molecule has 0 saturated heterocycles. The number of carbonyl (C=O) groups is 3. The van der Waals surface area contributed by atoms with E-state index in [4.69, 9.17) is 0 Å². The van der Waals surface area contributed by atoms with Gasteiger partial charge in [-0.25, -0.2) is 4.98 Å². The topological polar surface area (TPSA) is 79.4 Å². The molecule has 3 amide bonds. The van der Waals surface area contributed by atoms with Gasteiger partial charge in [-0.1, -0.05) is 12.1 Å². The first-order valence-electron chi connectivity index (χ1n) is 7.37. The average Bonchev–Trinajstić information content (AvgIpc) is 3.17. The molecule has 7 heteroatoms. The number of thiazole rings is 1. The number of rotatable bonds is 3. The van der Waals surface area contributed by atoms with Crippen LogP contribution in [0.2, 0.25) is 0 Å². The minimum Gasteiger partial charge on any atom is -0.300 e. The van der Waals surface area contributed by atoms with Gasteiger partial charge in [0.2, 0.25) is 5.91 Å². The van der Waals surface area contributed by atoms with Gasteiger partial charge in [-0.3, -0.25) is 19.3 Å². The van der Waals surface area contributed by atoms with Crippen molar-refractivity contribution in [1.82, 2.24) is 9.88 Å². The maximum absolute atomic E-state index is 12.2. The summed E-state index contributed by atoms with van der Waals surface area (Å²) in [5.41, 5.74) is 1.74. The number of fused-ring (bicyclic) bond motifs is 2. The molecule has 1 aliphatic carbocycles. The molecule has 0 fully saturated rings. The van der Waals surface area contributed by atoms with Crippen molar-refractivity contribution >= 4 is 34.2 Å². The zero-order valence-electron chi connectivity index (χ0n) is 12.2. The highest BCUT2D eigenvalue weighted by molar-refractivity contribution is 7.15. The van der Waals surface area contributed by atoms with E-state index >= 15 is 0 Å². The molecular weight excluding hydrogens is 314 g/mol. The third-order valence-electron chi connectivity index (χ3n) is 4.02. The van der Waals surface area contributed by atoms with Gasteiger partial charge in [0.25, 0.3) is 11.8 Å². The molecule has 0 radical (unpaired) electrons. The molecular formula is C16H13N3O3S. The number of anilines is 1. The summed E-state index contributed by atoms with van der Waals surface area (Å²) in [6, 6.07) is 6.59. The van der Waals surface area contributed by atoms with Gasteiger partial charge in [0.05, 0.1) is 16.8 Å². The van der Waals surface area contributed by atoms with Gasteiger partial charge in [0.15, 0.2) is 5.13 Å². The quantitative estimate of drug-likeness (QED) is 0.873. The lowest BCUT2D eigenvalue weighted by molar-refractivity contribution is -0.116. The van der Waals surface area contributed by atoms with Crippen molar-refractivity contribution in [2.75, 3.05) is 11.9 Å². The molecule has 2 aromatic rings. The van der Waals surface area contributed by atoms with Crippen molar-refractivity contribution in [2.45, 2.75) is 19.3 Å². The van der Waals surface area contributed by atoms with E-state index in [9.17, 15) is 14.4 Å². The number of aryl methyl sites for hydroxylation is 2. The van der Waals surface area contributed by atoms with E-state index < -0.39 is 17.7 Å². The molecule has 0 saturated carbocycles. The third kappa shape index (κ3) is 2.33. The van der Waals surface area contributed by atoms with Crippen molar-refractivity contribution in [3.05, 3.63) is 46.0 Å². The Hall–Kier alpha value is -2.54. The predicted octanol–water partition coefficient (Wildman–Crippen LogP) is 1.87. The van der Waals surface area contributed by atoms with E-state index in [0.717, 1.165) is 29.9 Å². The highest BCUT2D eigenvalue weighted by atomic mass is 32.1. The molecule has 2 heterocycles. The first kappa shape index (κ1) is 14.1. The maximum atomic E-state index is 12.2. The second kappa shape index (κ2) is 5.27. The van der Waals surface area contributed by atoms with Crippen LogP contribution in [0.3, 0.4) is 0 Å². The number of imide groups is 1. The van der Waals surface area contributed by atoms with E-state index in [-0.39, 0.29) is 6.54 Å². The summed E-state index contributed by atoms with van der Waals surface area (Å²) in [5.74, 6) is -1.27. The molecule has 0 atom stereocenters. The Morgan fingerprint density at radius 1 is 1.17 bits per heavy atom. The fourth-order valence-corrected chi connectivity index (χ4v) is 4.00. The molecule has 1 aromatic carbocycles. The Morgan fingerprint density at radius 3 is 2.52 bits per heavy atom. The summed E-state index contributed by atoms with van der Waals surface area (Å²) in [5, 5.41) is 3.23. The second-order valence-electron chi connectivity index (χ2n) is 5.53. The predicted molar refractivity (Wildman–Crippen MR) is 84.6 cm³/mol. The van der Waals surface area contributed by atoms with Crippen LogP contribution in [0.1, 0.15) is 37.7 Å². The summed E-state index contributed by atoms with van der Waals surface area (Å²) >= 11 is 1.47. The summed E-state index contributed by atoms with van der Waals surface area (Å²) in [7, 11) is 0. The fourth-order valence-electron chi connectivity index (χ4n) is 2.93. The average molecular weight is 327 g/mol. The van der Waals surface area contributed by atoms with Crippen LogP contribution in [-0.2, 0) is 17.6 Å². The van der Waals surface area contributed by atoms with Crippen LogP contribution in [-0.4, -0.2) is 34.2 Å². The Kier molecular flexibility index (Phi) is 3.23. The first-order chi connectivity index (χ1) is 11.1. The van der Waals surface area contributed by atoms with Crippen LogP contribution in [0.5, 0.6) is 0 Å². The standard InChI is InChI=1S/C16H13N3O3S/c20-13(18-16-17-11-6-3-7-12(11)23-16)8-19-14(21)9-4-1-2-5-10(9)15(19)22/h1-2,4-5H,3,6-8H2,(H,17,18,20). The Bertz CT molecular complexity index is 786. The zero-order chi connectivity index (χ0) is 16.0. The van der Waals surface area contributed by atoms with E-state index in [2.05, 4.69) is 10.3 Å². The summed E-state index contributed by atoms with van der Waals surface area (Å²) < 4.78 is 0. The van der Waals surface area contributed by atoms with Gasteiger partial charge >= 0.3 is 0 Å². The molecule has 0 spiro atoms. The molecule has 4 rings (SSSR count). The zero-order valence-corrected chi connectivity index (χ0v) is 13.0. The summed E-state index contributed by atoms with van der Waals surface area (Å²) in [6.45, 7) is -0.295. The van der Waals surface area contributed by atoms with Crippen LogP contribution in [0, 0.1) is 0 Å². The number of carbonyl (C=O) groups excluding carboxylic acids is 3. The van der Waals surface area contributed by atoms with Crippen molar-refractivity contribution in [1.29, 1.82) is 0 Å². The highest BCUT2D eigenvalue weighted by Crippen LogP contribution is 2.30. The van der Waals surface area contributed by atoms with E-state index in [1.165, 1.54) is 16.2 Å². The lowest BCUT2D eigenvalue weighted by Crippen LogP contribution is -2.37. The number of benzene rings is 1. The van der Waals surface area contributed by atoms with Crippen molar-refractivity contribution in [3.8, 4) is 0 Å². The number of aromatic nitrogens is 1. The van der Waals surface area contributed by atoms with E-state index in [1.807, 2.05) is 0 Å². The van der Waals surface area contributed by atoms with Gasteiger partial charge < -0.3 is 5.32 Å². The second-order valence-corrected chi connectivity index (χ2v) is 6.62. The highest BCUT2D eigenvalue weighted by Gasteiger charge is 2.36. The van der Waals surface area contributed by atoms with Crippen LogP contribution >= 0.6 is 11.3 Å². The lowest BCUT2D eigenvalue weighted by atomic mass is 10.1. The van der Waals surface area contributed by atoms with Crippen LogP contribution in [0.15, 0.2) is 24.3 Å². The number of nitrogens with zero attached hydrogens (tertiary/aromatic N) is 2. The Labute approximate surface area is 136 Å². The van der Waals surface area contributed by atoms with E-state index in [0.29, 0.717) is 16.3 Å². The molecule has 2 aliphatic rings. The number of hydrogen-bond donors (Lipinski definition) is 1. The van der Waals surface area contributed by atoms with Crippen LogP contribution in [0.25, 0.3) is 0 Å². The van der Waals surface area contributed by atoms with Gasteiger partial charge in [0.1, 0.15) is 6.54 Å². The molecule has 0 unspecified atom stereocenters. The fraction of sp³-hybridized carbons (Fsp3) is 0.250. The normalized spacial score (nSPS) is 15.7. The molecule has 1 aromatic heterocycles. The molecule has 1 aliphatic heterocycles. The minimum atomic E-state index is -0.428. The van der Waals surface area contributed by atoms with Crippen molar-refractivity contribution < 1.29 is 14.4 Å². The minimum absolute atomic E-state index is 0.295. The molecule has 0 bridgehead atoms. The largest absolute Gasteiger partial charge is 0.300 e. The van der Waals surface area contributed by atoms with Gasteiger partial charge in [-0.15, -0.1) is 11.3 Å². The molecule has 6 nitrogen and oxygen atoms in total. The summed E-state index contributed by atoms with van der Waals surface area (Å²) in [6.07, 6.45) is 3.05. The molecule has 116 valence electrons. The number of hydrogen-bond acceptors (Lipinski definition) is 5. The SMILES string of the molecule is O=C(CN1C(=O)c2ccccc2C1=O)Nc1nc2c(s1)CCC2. The molecule has 1 N–H and O–H groups in total. The van der Waals surface area contributed by atoms with Gasteiger partial charge in [-0.2, -0.15) is 0 Å². The first-order valence-corrected chi connectivity index (χ1v) is 8.19. The van der Waals surface area contributed by atoms with E-state index in [1.54, 1.807) is 24.3 Å². The Balaban J connectivity index is 1.47. The van der Waals surface area contributed by atoms with Gasteiger partial charge in [-0.05, 0) is 31.4 Å². The van der Waals surface area contributed by atoms with Gasteiger partial charge in [0, 0.05) is 4.88 Å². The number of nitrogens with one attached hydrogen (secondary N) is 1. The van der Waals surface area contributed by atoms with Crippen molar-refractivity contribution in [3.63, 3.8) is 0 Å². The molecule has 23 heavy (non-hydrogen) atoms. The third-order valence-corrected chi connectivity index (χ3v) is 5.09. The number of amides is 3. The lowest BCUT2D eigenvalue weighted by Gasteiger charge is -2.12. The smallest absolute Gasteiger partial charge is 0.262 e.